The van der Waals surface area contributed by atoms with E-state index in [0.717, 1.165) is 77.8 Å². The van der Waals surface area contributed by atoms with E-state index < -0.39 is 0 Å². The molecule has 7 heteroatoms. The Morgan fingerprint density at radius 2 is 1.60 bits per heavy atom. The minimum absolute atomic E-state index is 0.276. The fourth-order valence-electron chi connectivity index (χ4n) is 4.80. The standard InChI is InChI=1S/C23H23Cl2N3OS/c24-17-5-3-16(4-6-17)23(9-1-2-10-23)21(29)27-11-13-28(14-12-27)22-26-19-8-7-18(25)15-20(19)30-22/h3-8,15H,1-2,9-14H2. The van der Waals surface area contributed by atoms with Gasteiger partial charge in [-0.25, -0.2) is 4.98 Å². The van der Waals surface area contributed by atoms with Crippen molar-refractivity contribution in [1.82, 2.24) is 9.88 Å². The predicted molar refractivity (Wildman–Crippen MR) is 125 cm³/mol. The van der Waals surface area contributed by atoms with Gasteiger partial charge in [-0.05, 0) is 48.7 Å². The Labute approximate surface area is 190 Å². The number of anilines is 1. The van der Waals surface area contributed by atoms with Crippen LogP contribution in [0.2, 0.25) is 10.0 Å². The van der Waals surface area contributed by atoms with E-state index in [9.17, 15) is 4.79 Å². The first-order chi connectivity index (χ1) is 14.5. The third-order valence-corrected chi connectivity index (χ3v) is 8.01. The van der Waals surface area contributed by atoms with E-state index >= 15 is 0 Å². The van der Waals surface area contributed by atoms with Gasteiger partial charge >= 0.3 is 0 Å². The molecule has 1 aliphatic heterocycles. The number of aromatic nitrogens is 1. The highest BCUT2D eigenvalue weighted by Gasteiger charge is 2.45. The van der Waals surface area contributed by atoms with Crippen LogP contribution in [0.4, 0.5) is 5.13 Å². The molecule has 1 aliphatic carbocycles. The lowest BCUT2D eigenvalue weighted by Gasteiger charge is -2.40. The number of fused-ring (bicyclic) bond motifs is 1. The maximum Gasteiger partial charge on any atom is 0.233 e. The molecular weight excluding hydrogens is 437 g/mol. The Hall–Kier alpha value is -1.82. The molecule has 0 unspecified atom stereocenters. The molecule has 1 saturated heterocycles. The summed E-state index contributed by atoms with van der Waals surface area (Å²) in [6, 6.07) is 13.7. The Morgan fingerprint density at radius 1 is 0.933 bits per heavy atom. The van der Waals surface area contributed by atoms with Crippen molar-refractivity contribution >= 4 is 55.8 Å². The number of piperazine rings is 1. The minimum atomic E-state index is -0.390. The number of hydrogen-bond donors (Lipinski definition) is 0. The van der Waals surface area contributed by atoms with Crippen LogP contribution in [0.5, 0.6) is 0 Å². The van der Waals surface area contributed by atoms with Crippen molar-refractivity contribution in [3.05, 3.63) is 58.1 Å². The number of halogens is 2. The van der Waals surface area contributed by atoms with Crippen molar-refractivity contribution in [1.29, 1.82) is 0 Å². The highest BCUT2D eigenvalue weighted by Crippen LogP contribution is 2.43. The minimum Gasteiger partial charge on any atom is -0.345 e. The molecule has 2 aromatic carbocycles. The summed E-state index contributed by atoms with van der Waals surface area (Å²) in [6.45, 7) is 3.06. The van der Waals surface area contributed by atoms with E-state index in [0.29, 0.717) is 5.02 Å². The monoisotopic (exact) mass is 459 g/mol. The van der Waals surface area contributed by atoms with Gasteiger partial charge in [0, 0.05) is 36.2 Å². The van der Waals surface area contributed by atoms with Gasteiger partial charge in [0.1, 0.15) is 0 Å². The summed E-state index contributed by atoms with van der Waals surface area (Å²) >= 11 is 13.9. The largest absolute Gasteiger partial charge is 0.345 e. The summed E-state index contributed by atoms with van der Waals surface area (Å²) in [5.41, 5.74) is 1.70. The first kappa shape index (κ1) is 20.1. The molecule has 0 bridgehead atoms. The number of benzene rings is 2. The Bertz CT molecular complexity index is 1070. The second-order valence-electron chi connectivity index (χ2n) is 8.18. The molecule has 1 amide bonds. The molecule has 2 aliphatic rings. The van der Waals surface area contributed by atoms with Gasteiger partial charge in [-0.15, -0.1) is 0 Å². The average molecular weight is 460 g/mol. The molecule has 4 nitrogen and oxygen atoms in total. The van der Waals surface area contributed by atoms with E-state index in [1.165, 1.54) is 0 Å². The maximum absolute atomic E-state index is 13.7. The molecule has 2 fully saturated rings. The van der Waals surface area contributed by atoms with Gasteiger partial charge in [-0.2, -0.15) is 0 Å². The van der Waals surface area contributed by atoms with Crippen molar-refractivity contribution < 1.29 is 4.79 Å². The molecule has 1 aromatic heterocycles. The van der Waals surface area contributed by atoms with Crippen LogP contribution in [-0.2, 0) is 10.2 Å². The molecule has 30 heavy (non-hydrogen) atoms. The summed E-state index contributed by atoms with van der Waals surface area (Å²) in [5, 5.41) is 2.45. The summed E-state index contributed by atoms with van der Waals surface area (Å²) < 4.78 is 1.10. The molecule has 0 atom stereocenters. The second kappa shape index (κ2) is 8.03. The summed E-state index contributed by atoms with van der Waals surface area (Å²) in [7, 11) is 0. The molecule has 5 rings (SSSR count). The topological polar surface area (TPSA) is 36.4 Å². The smallest absolute Gasteiger partial charge is 0.233 e. The number of thiazole rings is 1. The lowest BCUT2D eigenvalue weighted by Crippen LogP contribution is -2.54. The highest BCUT2D eigenvalue weighted by molar-refractivity contribution is 7.22. The second-order valence-corrected chi connectivity index (χ2v) is 10.1. The zero-order valence-electron chi connectivity index (χ0n) is 16.6. The van der Waals surface area contributed by atoms with E-state index in [2.05, 4.69) is 9.80 Å². The molecule has 0 N–H and O–H groups in total. The van der Waals surface area contributed by atoms with Crippen LogP contribution in [0.15, 0.2) is 42.5 Å². The maximum atomic E-state index is 13.7. The number of hydrogen-bond acceptors (Lipinski definition) is 4. The fourth-order valence-corrected chi connectivity index (χ4v) is 6.22. The van der Waals surface area contributed by atoms with Crippen molar-refractivity contribution in [2.45, 2.75) is 31.1 Å². The van der Waals surface area contributed by atoms with Gasteiger partial charge in [-0.3, -0.25) is 4.79 Å². The van der Waals surface area contributed by atoms with Gasteiger partial charge in [0.2, 0.25) is 5.91 Å². The van der Waals surface area contributed by atoms with Crippen LogP contribution in [0, 0.1) is 0 Å². The number of rotatable bonds is 3. The van der Waals surface area contributed by atoms with Crippen LogP contribution >= 0.6 is 34.5 Å². The quantitative estimate of drug-likeness (QED) is 0.499. The van der Waals surface area contributed by atoms with Gasteiger partial charge < -0.3 is 9.80 Å². The van der Waals surface area contributed by atoms with Gasteiger partial charge in [-0.1, -0.05) is 59.5 Å². The van der Waals surface area contributed by atoms with Crippen LogP contribution in [0.1, 0.15) is 31.2 Å². The zero-order valence-corrected chi connectivity index (χ0v) is 18.9. The van der Waals surface area contributed by atoms with Crippen LogP contribution in [0.25, 0.3) is 10.2 Å². The molecule has 156 valence electrons. The Kier molecular flexibility index (Phi) is 5.38. The molecule has 0 radical (unpaired) electrons. The summed E-state index contributed by atoms with van der Waals surface area (Å²) in [6.07, 6.45) is 4.05. The molecule has 0 spiro atoms. The van der Waals surface area contributed by atoms with E-state index in [1.54, 1.807) is 11.3 Å². The summed E-state index contributed by atoms with van der Waals surface area (Å²) in [4.78, 5) is 22.8. The number of carbonyl (C=O) groups is 1. The first-order valence-electron chi connectivity index (χ1n) is 10.4. The van der Waals surface area contributed by atoms with Crippen LogP contribution in [-0.4, -0.2) is 42.0 Å². The van der Waals surface area contributed by atoms with E-state index in [-0.39, 0.29) is 11.3 Å². The van der Waals surface area contributed by atoms with Crippen LogP contribution < -0.4 is 4.90 Å². The normalized spacial score (nSPS) is 18.9. The molecule has 3 aromatic rings. The number of carbonyl (C=O) groups excluding carboxylic acids is 1. The Balaban J connectivity index is 1.32. The van der Waals surface area contributed by atoms with Crippen molar-refractivity contribution in [3.8, 4) is 0 Å². The third kappa shape index (κ3) is 3.57. The number of nitrogens with zero attached hydrogens (tertiary/aromatic N) is 3. The third-order valence-electron chi connectivity index (χ3n) is 6.44. The molecule has 2 heterocycles. The first-order valence-corrected chi connectivity index (χ1v) is 12.0. The summed E-state index contributed by atoms with van der Waals surface area (Å²) in [5.74, 6) is 0.276. The van der Waals surface area contributed by atoms with Gasteiger partial charge in [0.25, 0.3) is 0 Å². The van der Waals surface area contributed by atoms with Crippen molar-refractivity contribution in [2.75, 3.05) is 31.1 Å². The van der Waals surface area contributed by atoms with E-state index in [4.69, 9.17) is 28.2 Å². The average Bonchev–Trinajstić information content (AvgIpc) is 3.41. The lowest BCUT2D eigenvalue weighted by molar-refractivity contribution is -0.137. The van der Waals surface area contributed by atoms with E-state index in [1.807, 2.05) is 42.5 Å². The predicted octanol–water partition coefficient (Wildman–Crippen LogP) is 5.76. The zero-order chi connectivity index (χ0) is 20.7. The Morgan fingerprint density at radius 3 is 2.30 bits per heavy atom. The molecule has 1 saturated carbocycles. The number of amides is 1. The lowest BCUT2D eigenvalue weighted by atomic mass is 9.77. The van der Waals surface area contributed by atoms with Crippen LogP contribution in [0.3, 0.4) is 0 Å². The van der Waals surface area contributed by atoms with Gasteiger partial charge in [0.05, 0.1) is 15.6 Å². The van der Waals surface area contributed by atoms with Crippen molar-refractivity contribution in [2.24, 2.45) is 0 Å². The van der Waals surface area contributed by atoms with Crippen molar-refractivity contribution in [3.63, 3.8) is 0 Å². The fraction of sp³-hybridized carbons (Fsp3) is 0.391. The molecular formula is C23H23Cl2N3OS. The SMILES string of the molecule is O=C(N1CCN(c2nc3ccc(Cl)cc3s2)CC1)C1(c2ccc(Cl)cc2)CCCC1. The van der Waals surface area contributed by atoms with Gasteiger partial charge in [0.15, 0.2) is 5.13 Å². The highest BCUT2D eigenvalue weighted by atomic mass is 35.5.